The van der Waals surface area contributed by atoms with E-state index in [0.717, 1.165) is 56.5 Å². The van der Waals surface area contributed by atoms with Crippen molar-refractivity contribution in [1.29, 1.82) is 0 Å². The fraction of sp³-hybridized carbons (Fsp3) is 0.0357. The predicted molar refractivity (Wildman–Crippen MR) is 254 cm³/mol. The third kappa shape index (κ3) is 5.92. The van der Waals surface area contributed by atoms with Gasteiger partial charge in [0.1, 0.15) is 0 Å². The molecular weight excluding hydrogens is 729 g/mol. The summed E-state index contributed by atoms with van der Waals surface area (Å²) in [5.74, 6) is 0. The fourth-order valence-electron chi connectivity index (χ4n) is 9.05. The van der Waals surface area contributed by atoms with Gasteiger partial charge in [-0.25, -0.2) is 0 Å². The van der Waals surface area contributed by atoms with Gasteiger partial charge in [0.25, 0.3) is 0 Å². The van der Waals surface area contributed by atoms with Crippen molar-refractivity contribution in [1.82, 2.24) is 9.13 Å². The van der Waals surface area contributed by atoms with Crippen molar-refractivity contribution in [3.63, 3.8) is 0 Å². The van der Waals surface area contributed by atoms with Gasteiger partial charge in [-0.3, -0.25) is 0 Å². The number of benzene rings is 9. The summed E-state index contributed by atoms with van der Waals surface area (Å²) < 4.78 is 4.90. The summed E-state index contributed by atoms with van der Waals surface area (Å²) >= 11 is 0. The maximum atomic E-state index is 2.46. The van der Waals surface area contributed by atoms with Crippen LogP contribution in [0.1, 0.15) is 11.1 Å². The molecular formula is C56H42N4. The van der Waals surface area contributed by atoms with E-state index in [2.05, 4.69) is 251 Å². The average Bonchev–Trinajstić information content (AvgIpc) is 3.82. The van der Waals surface area contributed by atoms with E-state index in [4.69, 9.17) is 0 Å². The summed E-state index contributed by atoms with van der Waals surface area (Å²) in [5, 5.41) is 4.85. The first-order chi connectivity index (χ1) is 29.6. The summed E-state index contributed by atoms with van der Waals surface area (Å²) in [6.07, 6.45) is 0. The highest BCUT2D eigenvalue weighted by atomic mass is 15.2. The van der Waals surface area contributed by atoms with E-state index in [9.17, 15) is 0 Å². The van der Waals surface area contributed by atoms with Crippen LogP contribution in [0.4, 0.5) is 34.1 Å². The van der Waals surface area contributed by atoms with Crippen LogP contribution >= 0.6 is 0 Å². The summed E-state index contributed by atoms with van der Waals surface area (Å²) in [6.45, 7) is 4.29. The molecule has 0 N–H and O–H groups in total. The molecule has 0 unspecified atom stereocenters. The zero-order chi connectivity index (χ0) is 40.2. The van der Waals surface area contributed by atoms with Crippen LogP contribution in [0.25, 0.3) is 55.0 Å². The minimum atomic E-state index is 1.06. The number of nitrogens with zero attached hydrogens (tertiary/aromatic N) is 4. The maximum Gasteiger partial charge on any atom is 0.0562 e. The van der Waals surface area contributed by atoms with Gasteiger partial charge in [-0.05, 0) is 111 Å². The summed E-state index contributed by atoms with van der Waals surface area (Å²) in [6, 6.07) is 79.4. The van der Waals surface area contributed by atoms with E-state index in [0.29, 0.717) is 0 Å². The van der Waals surface area contributed by atoms with Gasteiger partial charge in [-0.2, -0.15) is 0 Å². The van der Waals surface area contributed by atoms with Crippen molar-refractivity contribution in [3.8, 4) is 11.4 Å². The van der Waals surface area contributed by atoms with Gasteiger partial charge in [0, 0.05) is 44.3 Å². The second kappa shape index (κ2) is 14.5. The van der Waals surface area contributed by atoms with Crippen molar-refractivity contribution in [2.45, 2.75) is 13.8 Å². The van der Waals surface area contributed by atoms with Gasteiger partial charge >= 0.3 is 0 Å². The number of para-hydroxylation sites is 5. The molecule has 2 heterocycles. The third-order valence-electron chi connectivity index (χ3n) is 11.8. The van der Waals surface area contributed by atoms with Crippen molar-refractivity contribution in [2.24, 2.45) is 0 Å². The smallest absolute Gasteiger partial charge is 0.0562 e. The van der Waals surface area contributed by atoms with Crippen molar-refractivity contribution >= 4 is 77.7 Å². The molecule has 286 valence electrons. The second-order valence-electron chi connectivity index (χ2n) is 15.6. The van der Waals surface area contributed by atoms with Crippen LogP contribution in [-0.4, -0.2) is 9.13 Å². The largest absolute Gasteiger partial charge is 0.310 e. The lowest BCUT2D eigenvalue weighted by Crippen LogP contribution is -2.12. The van der Waals surface area contributed by atoms with Crippen LogP contribution in [0.5, 0.6) is 0 Å². The first-order valence-electron chi connectivity index (χ1n) is 20.6. The van der Waals surface area contributed by atoms with Crippen LogP contribution in [-0.2, 0) is 0 Å². The molecule has 60 heavy (non-hydrogen) atoms. The zero-order valence-corrected chi connectivity index (χ0v) is 33.6. The monoisotopic (exact) mass is 770 g/mol. The van der Waals surface area contributed by atoms with Gasteiger partial charge in [0.2, 0.25) is 0 Å². The molecule has 4 heteroatoms. The van der Waals surface area contributed by atoms with Gasteiger partial charge in [0.05, 0.1) is 44.8 Å². The Labute approximate surface area is 350 Å². The Hall–Kier alpha value is -7.82. The third-order valence-corrected chi connectivity index (χ3v) is 11.8. The standard InChI is InChI=1S/C56H42N4/c1-39-28-32-43(33-29-39)57(44-34-30-40(2)31-35-44)45-36-46(59-51-23-12-9-20-48(51)49-21-10-13-24-52(49)59)38-47(37-45)60-53-25-14-11-22-50(53)56-54(26-15-27-55(56)60)58(41-16-5-3-6-17-41)42-18-7-4-8-19-42/h3-38H,1-2H3. The Morgan fingerprint density at radius 1 is 0.300 bits per heavy atom. The predicted octanol–water partition coefficient (Wildman–Crippen LogP) is 15.4. The minimum Gasteiger partial charge on any atom is -0.310 e. The van der Waals surface area contributed by atoms with Gasteiger partial charge in [0.15, 0.2) is 0 Å². The first-order valence-corrected chi connectivity index (χ1v) is 20.6. The molecule has 11 rings (SSSR count). The second-order valence-corrected chi connectivity index (χ2v) is 15.6. The maximum absolute atomic E-state index is 2.46. The van der Waals surface area contributed by atoms with Crippen LogP contribution in [0.15, 0.2) is 218 Å². The number of rotatable bonds is 8. The molecule has 0 aliphatic rings. The summed E-state index contributed by atoms with van der Waals surface area (Å²) in [7, 11) is 0. The van der Waals surface area contributed by atoms with Gasteiger partial charge < -0.3 is 18.9 Å². The number of aryl methyl sites for hydroxylation is 2. The molecule has 0 fully saturated rings. The lowest BCUT2D eigenvalue weighted by Gasteiger charge is -2.28. The van der Waals surface area contributed by atoms with Gasteiger partial charge in [-0.15, -0.1) is 0 Å². The molecule has 2 aromatic heterocycles. The zero-order valence-electron chi connectivity index (χ0n) is 33.6. The summed E-state index contributed by atoms with van der Waals surface area (Å²) in [5.41, 5.74) is 15.8. The Morgan fingerprint density at radius 2 is 0.700 bits per heavy atom. The Balaban J connectivity index is 1.24. The van der Waals surface area contributed by atoms with Crippen molar-refractivity contribution < 1.29 is 0 Å². The van der Waals surface area contributed by atoms with E-state index in [1.165, 1.54) is 43.7 Å². The topological polar surface area (TPSA) is 16.3 Å². The van der Waals surface area contributed by atoms with Crippen LogP contribution in [0.2, 0.25) is 0 Å². The summed E-state index contributed by atoms with van der Waals surface area (Å²) in [4.78, 5) is 4.78. The Kier molecular flexibility index (Phi) is 8.56. The Morgan fingerprint density at radius 3 is 1.22 bits per heavy atom. The van der Waals surface area contributed by atoms with E-state index < -0.39 is 0 Å². The normalized spacial score (nSPS) is 11.5. The number of hydrogen-bond donors (Lipinski definition) is 0. The number of hydrogen-bond acceptors (Lipinski definition) is 2. The highest BCUT2D eigenvalue weighted by molar-refractivity contribution is 6.17. The number of aromatic nitrogens is 2. The number of fused-ring (bicyclic) bond motifs is 6. The molecule has 0 amide bonds. The fourth-order valence-corrected chi connectivity index (χ4v) is 9.05. The Bertz CT molecular complexity index is 3190. The van der Waals surface area contributed by atoms with Crippen LogP contribution in [0.3, 0.4) is 0 Å². The lowest BCUT2D eigenvalue weighted by atomic mass is 10.1. The minimum absolute atomic E-state index is 1.06. The molecule has 0 atom stereocenters. The average molecular weight is 771 g/mol. The van der Waals surface area contributed by atoms with Crippen LogP contribution in [0, 0.1) is 13.8 Å². The lowest BCUT2D eigenvalue weighted by molar-refractivity contribution is 1.12. The van der Waals surface area contributed by atoms with E-state index >= 15 is 0 Å². The first kappa shape index (κ1) is 35.4. The molecule has 0 saturated carbocycles. The van der Waals surface area contributed by atoms with Gasteiger partial charge in [-0.1, -0.05) is 132 Å². The molecule has 0 saturated heterocycles. The van der Waals surface area contributed by atoms with E-state index in [1.54, 1.807) is 0 Å². The number of anilines is 6. The molecule has 11 aromatic rings. The highest BCUT2D eigenvalue weighted by Gasteiger charge is 2.23. The van der Waals surface area contributed by atoms with E-state index in [-0.39, 0.29) is 0 Å². The molecule has 4 nitrogen and oxygen atoms in total. The quantitative estimate of drug-likeness (QED) is 0.153. The van der Waals surface area contributed by atoms with Crippen molar-refractivity contribution in [2.75, 3.05) is 9.80 Å². The molecule has 9 aromatic carbocycles. The molecule has 0 spiro atoms. The molecule has 0 aliphatic heterocycles. The van der Waals surface area contributed by atoms with Crippen LogP contribution < -0.4 is 9.80 Å². The molecule has 0 radical (unpaired) electrons. The molecule has 0 aliphatic carbocycles. The van der Waals surface area contributed by atoms with Crippen molar-refractivity contribution in [3.05, 3.63) is 230 Å². The highest BCUT2D eigenvalue weighted by Crippen LogP contribution is 2.45. The molecule has 0 bridgehead atoms. The van der Waals surface area contributed by atoms with E-state index in [1.807, 2.05) is 0 Å². The SMILES string of the molecule is Cc1ccc(N(c2ccc(C)cc2)c2cc(-n3c4ccccc4c4ccccc43)cc(-n3c4ccccc4c4c(N(c5ccccc5)c5ccccc5)cccc43)c2)cc1.